The van der Waals surface area contributed by atoms with Gasteiger partial charge in [-0.25, -0.2) is 14.4 Å². The van der Waals surface area contributed by atoms with Gasteiger partial charge < -0.3 is 14.7 Å². The molecule has 0 aromatic heterocycles. The van der Waals surface area contributed by atoms with Crippen LogP contribution in [0.25, 0.3) is 0 Å². The summed E-state index contributed by atoms with van der Waals surface area (Å²) in [5.74, 6) is -2.37. The third-order valence-electron chi connectivity index (χ3n) is 0.931. The molecule has 0 unspecified atom stereocenters. The third kappa shape index (κ3) is 8.33. The summed E-state index contributed by atoms with van der Waals surface area (Å²) in [6.45, 7) is 4.35. The predicted molar refractivity (Wildman–Crippen MR) is 50.2 cm³/mol. The first kappa shape index (κ1) is 15.5. The predicted octanol–water partition coefficient (Wildman–Crippen LogP) is 0.0392. The summed E-state index contributed by atoms with van der Waals surface area (Å²) >= 11 is 0. The van der Waals surface area contributed by atoms with Gasteiger partial charge in [0.1, 0.15) is 0 Å². The number of hydrogen-bond acceptors (Lipinski definition) is 9. The molecule has 0 atom stereocenters. The number of hydrogen-bond donors (Lipinski definition) is 0. The van der Waals surface area contributed by atoms with Crippen molar-refractivity contribution in [3.05, 3.63) is 0 Å². The van der Waals surface area contributed by atoms with E-state index in [1.807, 2.05) is 0 Å². The minimum absolute atomic E-state index is 0.790. The summed E-state index contributed by atoms with van der Waals surface area (Å²) in [7, 11) is -3.77. The quantitative estimate of drug-likeness (QED) is 0.374. The monoisotopic (exact) mass is 268 g/mol. The maximum absolute atomic E-state index is 10.5. The molecule has 0 fully saturated rings. The van der Waals surface area contributed by atoms with Crippen molar-refractivity contribution in [2.75, 3.05) is 0 Å². The molecule has 17 heavy (non-hydrogen) atoms. The number of carbonyl (C=O) groups excluding carboxylic acids is 3. The van der Waals surface area contributed by atoms with Crippen LogP contribution in [0.5, 0.6) is 0 Å². The van der Waals surface area contributed by atoms with Crippen molar-refractivity contribution in [2.45, 2.75) is 27.3 Å². The zero-order valence-corrected chi connectivity index (χ0v) is 10.7. The standard InChI is InChI=1S/C7H12O9Si/c1-5(8)11-14-17(4,15-12-6(2)9)16-13-7(3)10/h1-4H3. The summed E-state index contributed by atoms with van der Waals surface area (Å²) < 4.78 is 13.4. The van der Waals surface area contributed by atoms with Crippen LogP contribution in [0.1, 0.15) is 20.8 Å². The fourth-order valence-corrected chi connectivity index (χ4v) is 1.33. The summed E-state index contributed by atoms with van der Waals surface area (Å²) in [5, 5.41) is 0. The van der Waals surface area contributed by atoms with Crippen LogP contribution in [0, 0.1) is 0 Å². The van der Waals surface area contributed by atoms with E-state index in [-0.39, 0.29) is 0 Å². The van der Waals surface area contributed by atoms with Gasteiger partial charge in [-0.1, -0.05) is 0 Å². The first-order valence-corrected chi connectivity index (χ1v) is 6.56. The zero-order valence-electron chi connectivity index (χ0n) is 9.67. The van der Waals surface area contributed by atoms with Crippen LogP contribution in [0.4, 0.5) is 0 Å². The zero-order chi connectivity index (χ0) is 13.5. The van der Waals surface area contributed by atoms with Gasteiger partial charge in [0.15, 0.2) is 0 Å². The van der Waals surface area contributed by atoms with Gasteiger partial charge in [-0.2, -0.15) is 13.7 Å². The van der Waals surface area contributed by atoms with Crippen molar-refractivity contribution < 1.29 is 42.8 Å². The second kappa shape index (κ2) is 6.96. The Balaban J connectivity index is 4.37. The molecule has 0 aliphatic heterocycles. The van der Waals surface area contributed by atoms with Gasteiger partial charge in [-0.3, -0.25) is 0 Å². The molecule has 0 saturated carbocycles. The molecule has 0 aliphatic carbocycles. The molecule has 0 amide bonds. The molecular weight excluding hydrogens is 256 g/mol. The Morgan fingerprint density at radius 2 is 0.941 bits per heavy atom. The minimum atomic E-state index is -3.77. The topological polar surface area (TPSA) is 107 Å². The minimum Gasteiger partial charge on any atom is -0.305 e. The van der Waals surface area contributed by atoms with E-state index in [0.717, 1.165) is 20.8 Å². The van der Waals surface area contributed by atoms with E-state index in [9.17, 15) is 14.4 Å². The molecule has 0 N–H and O–H groups in total. The van der Waals surface area contributed by atoms with Crippen LogP contribution in [0.3, 0.4) is 0 Å². The fourth-order valence-electron chi connectivity index (χ4n) is 0.445. The molecule has 0 heterocycles. The van der Waals surface area contributed by atoms with Crippen LogP contribution in [-0.4, -0.2) is 26.7 Å². The lowest BCUT2D eigenvalue weighted by atomic mass is 10.9. The smallest absolute Gasteiger partial charge is 0.305 e. The van der Waals surface area contributed by atoms with E-state index >= 15 is 0 Å². The molecule has 0 spiro atoms. The first-order valence-electron chi connectivity index (χ1n) is 4.34. The second-order valence-electron chi connectivity index (χ2n) is 2.84. The molecular formula is C7H12O9Si. The van der Waals surface area contributed by atoms with Gasteiger partial charge in [0, 0.05) is 27.3 Å². The Bertz CT molecular complexity index is 256. The van der Waals surface area contributed by atoms with Crippen molar-refractivity contribution >= 4 is 26.7 Å². The van der Waals surface area contributed by atoms with Crippen molar-refractivity contribution in [1.29, 1.82) is 0 Å². The maximum Gasteiger partial charge on any atom is 0.616 e. The SMILES string of the molecule is CC(=O)OO[Si](C)(OOC(C)=O)OOC(C)=O. The fraction of sp³-hybridized carbons (Fsp3) is 0.571. The highest BCUT2D eigenvalue weighted by molar-refractivity contribution is 6.58. The molecule has 98 valence electrons. The van der Waals surface area contributed by atoms with Crippen molar-refractivity contribution in [1.82, 2.24) is 0 Å². The van der Waals surface area contributed by atoms with Gasteiger partial charge in [0.05, 0.1) is 0 Å². The summed E-state index contributed by atoms with van der Waals surface area (Å²) in [6.07, 6.45) is 0. The van der Waals surface area contributed by atoms with Crippen LogP contribution in [-0.2, 0) is 42.8 Å². The first-order chi connectivity index (χ1) is 7.75. The lowest BCUT2D eigenvalue weighted by molar-refractivity contribution is -0.327. The Kier molecular flexibility index (Phi) is 6.34. The molecule has 0 radical (unpaired) electrons. The summed E-state index contributed by atoms with van der Waals surface area (Å²) in [5.41, 5.74) is 0. The highest BCUT2D eigenvalue weighted by Gasteiger charge is 2.45. The van der Waals surface area contributed by atoms with Gasteiger partial charge >= 0.3 is 26.7 Å². The number of carbonyl (C=O) groups is 3. The average molecular weight is 268 g/mol. The van der Waals surface area contributed by atoms with E-state index in [2.05, 4.69) is 28.4 Å². The highest BCUT2D eigenvalue weighted by atomic mass is 28.4. The molecule has 9 nitrogen and oxygen atoms in total. The molecule has 0 aromatic rings. The van der Waals surface area contributed by atoms with E-state index in [0.29, 0.717) is 0 Å². The van der Waals surface area contributed by atoms with Gasteiger partial charge in [0.2, 0.25) is 0 Å². The third-order valence-corrected chi connectivity index (χ3v) is 2.09. The second-order valence-corrected chi connectivity index (χ2v) is 5.06. The Labute approximate surface area is 97.6 Å². The lowest BCUT2D eigenvalue weighted by Gasteiger charge is -2.19. The van der Waals surface area contributed by atoms with Crippen molar-refractivity contribution in [3.8, 4) is 0 Å². The highest BCUT2D eigenvalue weighted by Crippen LogP contribution is 2.11. The number of rotatable bonds is 6. The molecule has 10 heteroatoms. The van der Waals surface area contributed by atoms with E-state index in [1.54, 1.807) is 0 Å². The molecule has 0 saturated heterocycles. The molecule has 0 rings (SSSR count). The van der Waals surface area contributed by atoms with E-state index in [1.165, 1.54) is 6.55 Å². The maximum atomic E-state index is 10.5. The van der Waals surface area contributed by atoms with Gasteiger partial charge in [-0.05, 0) is 0 Å². The van der Waals surface area contributed by atoms with Crippen LogP contribution in [0.15, 0.2) is 0 Å². The molecule has 0 aromatic carbocycles. The largest absolute Gasteiger partial charge is 0.616 e. The molecule has 0 bridgehead atoms. The van der Waals surface area contributed by atoms with Crippen molar-refractivity contribution in [2.24, 2.45) is 0 Å². The normalized spacial score (nSPS) is 10.6. The Hall–Kier alpha value is -1.49. The lowest BCUT2D eigenvalue weighted by Crippen LogP contribution is -2.43. The van der Waals surface area contributed by atoms with Crippen molar-refractivity contribution in [3.63, 3.8) is 0 Å². The van der Waals surface area contributed by atoms with Crippen LogP contribution >= 0.6 is 0 Å². The Morgan fingerprint density at radius 3 is 1.12 bits per heavy atom. The summed E-state index contributed by atoms with van der Waals surface area (Å²) in [4.78, 5) is 44.0. The van der Waals surface area contributed by atoms with Crippen LogP contribution in [0.2, 0.25) is 6.55 Å². The Morgan fingerprint density at radius 1 is 0.706 bits per heavy atom. The molecule has 0 aliphatic rings. The van der Waals surface area contributed by atoms with E-state index < -0.39 is 26.7 Å². The van der Waals surface area contributed by atoms with Gasteiger partial charge in [-0.15, -0.1) is 0 Å². The van der Waals surface area contributed by atoms with E-state index in [4.69, 9.17) is 0 Å². The van der Waals surface area contributed by atoms with Gasteiger partial charge in [0.25, 0.3) is 0 Å². The average Bonchev–Trinajstić information content (AvgIpc) is 2.21. The van der Waals surface area contributed by atoms with Crippen LogP contribution < -0.4 is 0 Å². The summed E-state index contributed by atoms with van der Waals surface area (Å²) in [6, 6.07) is 0.